The summed E-state index contributed by atoms with van der Waals surface area (Å²) < 4.78 is 0. The van der Waals surface area contributed by atoms with Crippen LogP contribution in [-0.2, 0) is 24.3 Å². The van der Waals surface area contributed by atoms with Crippen LogP contribution in [0.25, 0.3) is 0 Å². The van der Waals surface area contributed by atoms with Crippen LogP contribution < -0.4 is 5.32 Å². The maximum atomic E-state index is 12.7. The van der Waals surface area contributed by atoms with Crippen molar-refractivity contribution in [3.8, 4) is 5.88 Å². The molecule has 0 atom stereocenters. The lowest BCUT2D eigenvalue weighted by Gasteiger charge is -2.14. The molecule has 0 saturated heterocycles. The normalized spacial score (nSPS) is 20.1. The summed E-state index contributed by atoms with van der Waals surface area (Å²) in [5, 5.41) is 14.3. The van der Waals surface area contributed by atoms with Gasteiger partial charge in [-0.3, -0.25) is 4.79 Å². The van der Waals surface area contributed by atoms with Gasteiger partial charge in [0.15, 0.2) is 5.13 Å². The molecule has 0 spiro atoms. The number of nitrogens with one attached hydrogen (secondary N) is 1. The quantitative estimate of drug-likeness (QED) is 0.858. The Labute approximate surface area is 158 Å². The highest BCUT2D eigenvalue weighted by molar-refractivity contribution is 7.16. The Morgan fingerprint density at radius 3 is 2.35 bits per heavy atom. The van der Waals surface area contributed by atoms with Crippen molar-refractivity contribution in [2.75, 3.05) is 5.32 Å². The van der Waals surface area contributed by atoms with E-state index in [1.54, 1.807) is 0 Å². The predicted molar refractivity (Wildman–Crippen MR) is 103 cm³/mol. The van der Waals surface area contributed by atoms with Gasteiger partial charge < -0.3 is 15.3 Å². The number of hydrogen-bond acceptors (Lipinski definition) is 5. The monoisotopic (exact) mass is 371 g/mol. The molecule has 1 amide bonds. The number of carbonyl (C=O) groups excluding carboxylic acids is 1. The van der Waals surface area contributed by atoms with Crippen molar-refractivity contribution in [2.45, 2.75) is 53.2 Å². The Morgan fingerprint density at radius 1 is 1.23 bits per heavy atom. The third kappa shape index (κ3) is 2.67. The molecule has 2 aromatic rings. The highest BCUT2D eigenvalue weighted by Crippen LogP contribution is 2.63. The molecule has 4 rings (SSSR count). The van der Waals surface area contributed by atoms with Gasteiger partial charge in [0.05, 0.1) is 11.3 Å². The van der Waals surface area contributed by atoms with Crippen molar-refractivity contribution in [3.63, 3.8) is 0 Å². The van der Waals surface area contributed by atoms with Crippen LogP contribution in [0.1, 0.15) is 43.7 Å². The van der Waals surface area contributed by atoms with Gasteiger partial charge in [-0.25, -0.2) is 0 Å². The molecule has 0 unspecified atom stereocenters. The summed E-state index contributed by atoms with van der Waals surface area (Å²) in [5.74, 6) is -0.00222. The van der Waals surface area contributed by atoms with Gasteiger partial charge in [-0.15, -0.1) is 0 Å². The first-order chi connectivity index (χ1) is 12.2. The Morgan fingerprint density at radius 2 is 1.81 bits per heavy atom. The Bertz CT molecular complexity index is 833. The van der Waals surface area contributed by atoms with E-state index in [4.69, 9.17) is 0 Å². The third-order valence-electron chi connectivity index (χ3n) is 6.47. The molecule has 0 radical (unpaired) electrons. The zero-order valence-electron chi connectivity index (χ0n) is 15.7. The van der Waals surface area contributed by atoms with E-state index in [9.17, 15) is 9.90 Å². The summed E-state index contributed by atoms with van der Waals surface area (Å²) in [4.78, 5) is 19.4. The summed E-state index contributed by atoms with van der Waals surface area (Å²) in [6, 6.07) is 8.44. The fourth-order valence-electron chi connectivity index (χ4n) is 3.96. The molecule has 1 aliphatic carbocycles. The molecule has 0 bridgehead atoms. The second kappa shape index (κ2) is 5.71. The van der Waals surface area contributed by atoms with Gasteiger partial charge >= 0.3 is 0 Å². The van der Waals surface area contributed by atoms with Crippen LogP contribution in [0.4, 0.5) is 5.13 Å². The predicted octanol–water partition coefficient (Wildman–Crippen LogP) is 3.78. The Balaban J connectivity index is 1.42. The van der Waals surface area contributed by atoms with Gasteiger partial charge in [-0.1, -0.05) is 63.3 Å². The molecule has 5 nitrogen and oxygen atoms in total. The lowest BCUT2D eigenvalue weighted by atomic mass is 10.0. The fourth-order valence-corrected chi connectivity index (χ4v) is 4.83. The molecule has 1 aliphatic heterocycles. The number of anilines is 1. The molecule has 2 heterocycles. The Kier molecular flexibility index (Phi) is 3.81. The minimum atomic E-state index is -0.0289. The van der Waals surface area contributed by atoms with Crippen LogP contribution in [0.15, 0.2) is 24.3 Å². The van der Waals surface area contributed by atoms with Crippen molar-refractivity contribution in [1.82, 2.24) is 9.88 Å². The van der Waals surface area contributed by atoms with E-state index in [-0.39, 0.29) is 29.0 Å². The van der Waals surface area contributed by atoms with Crippen LogP contribution in [0.3, 0.4) is 0 Å². The largest absolute Gasteiger partial charge is 0.492 e. The second-order valence-corrected chi connectivity index (χ2v) is 9.57. The first-order valence-corrected chi connectivity index (χ1v) is 9.81. The van der Waals surface area contributed by atoms with Crippen LogP contribution in [-0.4, -0.2) is 26.9 Å². The van der Waals surface area contributed by atoms with Crippen molar-refractivity contribution < 1.29 is 9.90 Å². The highest BCUT2D eigenvalue weighted by atomic mass is 32.1. The van der Waals surface area contributed by atoms with Crippen LogP contribution in [0.5, 0.6) is 5.88 Å². The molecule has 2 N–H and O–H groups in total. The molecular formula is C20H25N3O2S. The highest BCUT2D eigenvalue weighted by Gasteiger charge is 2.65. The van der Waals surface area contributed by atoms with Crippen molar-refractivity contribution in [1.29, 1.82) is 0 Å². The lowest BCUT2D eigenvalue weighted by Crippen LogP contribution is -2.26. The van der Waals surface area contributed by atoms with Gasteiger partial charge in [0, 0.05) is 19.1 Å². The maximum Gasteiger partial charge on any atom is 0.228 e. The molecule has 2 aliphatic rings. The van der Waals surface area contributed by atoms with Gasteiger partial charge in [0.1, 0.15) is 0 Å². The SMILES string of the molecule is CC1(C)C(Nc2nc(O)c(CC(=O)N3Cc4ccccc4C3)s2)C1(C)C. The van der Waals surface area contributed by atoms with Gasteiger partial charge in [-0.2, -0.15) is 4.98 Å². The molecule has 6 heteroatoms. The van der Waals surface area contributed by atoms with Crippen molar-refractivity contribution in [3.05, 3.63) is 40.3 Å². The van der Waals surface area contributed by atoms with E-state index in [0.717, 1.165) is 0 Å². The zero-order valence-corrected chi connectivity index (χ0v) is 16.5. The summed E-state index contributed by atoms with van der Waals surface area (Å²) in [7, 11) is 0. The summed E-state index contributed by atoms with van der Waals surface area (Å²) >= 11 is 1.38. The molecule has 138 valence electrons. The van der Waals surface area contributed by atoms with E-state index < -0.39 is 0 Å². The maximum absolute atomic E-state index is 12.7. The second-order valence-electron chi connectivity index (χ2n) is 8.48. The smallest absolute Gasteiger partial charge is 0.228 e. The van der Waals surface area contributed by atoms with E-state index in [1.807, 2.05) is 17.0 Å². The zero-order chi connectivity index (χ0) is 18.7. The van der Waals surface area contributed by atoms with Crippen molar-refractivity contribution in [2.24, 2.45) is 10.8 Å². The molecule has 26 heavy (non-hydrogen) atoms. The number of rotatable bonds is 4. The average molecular weight is 372 g/mol. The van der Waals surface area contributed by atoms with E-state index in [2.05, 4.69) is 50.1 Å². The fraction of sp³-hybridized carbons (Fsp3) is 0.500. The number of carbonyl (C=O) groups is 1. The molecule has 1 aromatic heterocycles. The number of amides is 1. The number of aromatic hydroxyl groups is 1. The van der Waals surface area contributed by atoms with E-state index in [1.165, 1.54) is 22.5 Å². The summed E-state index contributed by atoms with van der Waals surface area (Å²) in [5.41, 5.74) is 2.78. The van der Waals surface area contributed by atoms with Gasteiger partial charge in [0.25, 0.3) is 0 Å². The number of fused-ring (bicyclic) bond motifs is 1. The minimum Gasteiger partial charge on any atom is -0.492 e. The summed E-state index contributed by atoms with van der Waals surface area (Å²) in [6.07, 6.45) is 0.191. The van der Waals surface area contributed by atoms with Crippen molar-refractivity contribution >= 4 is 22.4 Å². The van der Waals surface area contributed by atoms with Gasteiger partial charge in [-0.05, 0) is 22.0 Å². The van der Waals surface area contributed by atoms with Crippen LogP contribution in [0.2, 0.25) is 0 Å². The topological polar surface area (TPSA) is 65.5 Å². The summed E-state index contributed by atoms with van der Waals surface area (Å²) in [6.45, 7) is 10.2. The molecule has 1 aromatic carbocycles. The number of benzene rings is 1. The lowest BCUT2D eigenvalue weighted by molar-refractivity contribution is -0.131. The van der Waals surface area contributed by atoms with E-state index >= 15 is 0 Å². The minimum absolute atomic E-state index is 0.0266. The molecule has 1 saturated carbocycles. The number of aromatic nitrogens is 1. The molecule has 1 fully saturated rings. The standard InChI is InChI=1S/C20H25N3O2S/c1-19(2)17(20(19,3)4)22-18-21-16(25)14(26-18)9-15(24)23-10-12-7-5-6-8-13(12)11-23/h5-8,17,25H,9-11H2,1-4H3,(H,21,22). The first kappa shape index (κ1) is 17.3. The van der Waals surface area contributed by atoms with E-state index in [0.29, 0.717) is 29.1 Å². The van der Waals surface area contributed by atoms with Crippen LogP contribution in [0, 0.1) is 10.8 Å². The van der Waals surface area contributed by atoms with Crippen LogP contribution >= 0.6 is 11.3 Å². The Hall–Kier alpha value is -2.08. The number of hydrogen-bond donors (Lipinski definition) is 2. The first-order valence-electron chi connectivity index (χ1n) is 9.00. The van der Waals surface area contributed by atoms with Gasteiger partial charge in [0.2, 0.25) is 11.8 Å². The number of thiazole rings is 1. The number of nitrogens with zero attached hydrogens (tertiary/aromatic N) is 2. The molecular weight excluding hydrogens is 346 g/mol. The average Bonchev–Trinajstić information content (AvgIpc) is 3.01. The third-order valence-corrected chi connectivity index (χ3v) is 7.45.